The standard InChI is InChI=1S/C10H13NO3S/c1-2-3-7-4-15-8(11-7)10(9(12)13)5-14-6-10/h4H,2-3,5-6H2,1H3,(H,12,13). The molecule has 0 atom stereocenters. The molecule has 0 spiro atoms. The molecule has 1 fully saturated rings. The number of carboxylic acid groups (broad SMARTS) is 1. The van der Waals surface area contributed by atoms with Crippen molar-refractivity contribution in [3.8, 4) is 0 Å². The first-order chi connectivity index (χ1) is 7.19. The lowest BCUT2D eigenvalue weighted by Gasteiger charge is -2.35. The lowest BCUT2D eigenvalue weighted by molar-refractivity contribution is -0.163. The van der Waals surface area contributed by atoms with Crippen LogP contribution in [-0.4, -0.2) is 29.3 Å². The van der Waals surface area contributed by atoms with Crippen LogP contribution < -0.4 is 0 Å². The molecular formula is C10H13NO3S. The van der Waals surface area contributed by atoms with Crippen molar-refractivity contribution in [1.29, 1.82) is 0 Å². The summed E-state index contributed by atoms with van der Waals surface area (Å²) < 4.78 is 5.01. The highest BCUT2D eigenvalue weighted by molar-refractivity contribution is 7.10. The van der Waals surface area contributed by atoms with E-state index in [1.165, 1.54) is 11.3 Å². The lowest BCUT2D eigenvalue weighted by atomic mass is 9.87. The Balaban J connectivity index is 2.23. The molecule has 1 N–H and O–H groups in total. The molecule has 0 aliphatic carbocycles. The van der Waals surface area contributed by atoms with Gasteiger partial charge in [0.2, 0.25) is 0 Å². The average Bonchev–Trinajstić information content (AvgIpc) is 2.51. The molecule has 1 aromatic heterocycles. The van der Waals surface area contributed by atoms with Crippen LogP contribution in [-0.2, 0) is 21.4 Å². The van der Waals surface area contributed by atoms with E-state index in [-0.39, 0.29) is 13.2 Å². The maximum absolute atomic E-state index is 11.2. The van der Waals surface area contributed by atoms with E-state index >= 15 is 0 Å². The minimum Gasteiger partial charge on any atom is -0.480 e. The summed E-state index contributed by atoms with van der Waals surface area (Å²) in [6, 6.07) is 0. The van der Waals surface area contributed by atoms with Crippen LogP contribution in [0.4, 0.5) is 0 Å². The monoisotopic (exact) mass is 227 g/mol. The average molecular weight is 227 g/mol. The van der Waals surface area contributed by atoms with E-state index in [0.29, 0.717) is 5.01 Å². The van der Waals surface area contributed by atoms with E-state index in [0.717, 1.165) is 18.5 Å². The van der Waals surface area contributed by atoms with E-state index in [9.17, 15) is 4.79 Å². The molecule has 4 nitrogen and oxygen atoms in total. The van der Waals surface area contributed by atoms with E-state index in [1.807, 2.05) is 5.38 Å². The van der Waals surface area contributed by atoms with Gasteiger partial charge in [0.25, 0.3) is 0 Å². The smallest absolute Gasteiger partial charge is 0.321 e. The predicted molar refractivity (Wildman–Crippen MR) is 56.2 cm³/mol. The second-order valence-corrected chi connectivity index (χ2v) is 4.63. The molecule has 2 rings (SSSR count). The van der Waals surface area contributed by atoms with Crippen LogP contribution in [0.15, 0.2) is 5.38 Å². The molecule has 0 saturated carbocycles. The zero-order valence-corrected chi connectivity index (χ0v) is 9.34. The number of nitrogens with zero attached hydrogens (tertiary/aromatic N) is 1. The molecule has 0 radical (unpaired) electrons. The van der Waals surface area contributed by atoms with Crippen molar-refractivity contribution in [2.75, 3.05) is 13.2 Å². The van der Waals surface area contributed by atoms with Gasteiger partial charge in [0.15, 0.2) is 5.41 Å². The summed E-state index contributed by atoms with van der Waals surface area (Å²) in [4.78, 5) is 15.5. The number of ether oxygens (including phenoxy) is 1. The van der Waals surface area contributed by atoms with E-state index < -0.39 is 11.4 Å². The first kappa shape index (κ1) is 10.6. The van der Waals surface area contributed by atoms with Crippen molar-refractivity contribution < 1.29 is 14.6 Å². The molecule has 1 saturated heterocycles. The van der Waals surface area contributed by atoms with Crippen LogP contribution >= 0.6 is 11.3 Å². The zero-order valence-electron chi connectivity index (χ0n) is 8.52. The topological polar surface area (TPSA) is 59.4 Å². The van der Waals surface area contributed by atoms with Gasteiger partial charge in [-0.3, -0.25) is 4.79 Å². The molecule has 1 aromatic rings. The fraction of sp³-hybridized carbons (Fsp3) is 0.600. The predicted octanol–water partition coefficient (Wildman–Crippen LogP) is 1.45. The van der Waals surface area contributed by atoms with Crippen LogP contribution in [0.3, 0.4) is 0 Å². The molecule has 1 aliphatic heterocycles. The van der Waals surface area contributed by atoms with Crippen molar-refractivity contribution in [2.24, 2.45) is 0 Å². The van der Waals surface area contributed by atoms with Crippen LogP contribution in [0.25, 0.3) is 0 Å². The first-order valence-corrected chi connectivity index (χ1v) is 5.83. The number of rotatable bonds is 4. The van der Waals surface area contributed by atoms with Crippen LogP contribution in [0.5, 0.6) is 0 Å². The Labute approximate surface area is 91.9 Å². The summed E-state index contributed by atoms with van der Waals surface area (Å²) in [5, 5.41) is 11.8. The van der Waals surface area contributed by atoms with Crippen molar-refractivity contribution >= 4 is 17.3 Å². The second kappa shape index (κ2) is 3.90. The number of hydrogen-bond donors (Lipinski definition) is 1. The summed E-state index contributed by atoms with van der Waals surface area (Å²) in [6.07, 6.45) is 1.94. The third-order valence-corrected chi connectivity index (χ3v) is 3.67. The minimum absolute atomic E-state index is 0.251. The van der Waals surface area contributed by atoms with Gasteiger partial charge in [0, 0.05) is 5.38 Å². The molecule has 82 valence electrons. The molecule has 5 heteroatoms. The zero-order chi connectivity index (χ0) is 10.9. The van der Waals surface area contributed by atoms with Crippen LogP contribution in [0.2, 0.25) is 0 Å². The maximum Gasteiger partial charge on any atom is 0.321 e. The number of carboxylic acids is 1. The Hall–Kier alpha value is -0.940. The Bertz CT molecular complexity index is 370. The Morgan fingerprint density at radius 3 is 2.93 bits per heavy atom. The van der Waals surface area contributed by atoms with Crippen molar-refractivity contribution in [3.63, 3.8) is 0 Å². The summed E-state index contributed by atoms with van der Waals surface area (Å²) in [6.45, 7) is 2.58. The van der Waals surface area contributed by atoms with E-state index in [4.69, 9.17) is 9.84 Å². The van der Waals surface area contributed by atoms with E-state index in [1.54, 1.807) is 0 Å². The summed E-state index contributed by atoms with van der Waals surface area (Å²) in [5.74, 6) is -0.828. The van der Waals surface area contributed by atoms with Gasteiger partial charge in [0.1, 0.15) is 5.01 Å². The molecular weight excluding hydrogens is 214 g/mol. The minimum atomic E-state index is -0.864. The van der Waals surface area contributed by atoms with Gasteiger partial charge in [-0.25, -0.2) is 4.98 Å². The van der Waals surface area contributed by atoms with E-state index in [2.05, 4.69) is 11.9 Å². The summed E-state index contributed by atoms with van der Waals surface area (Å²) in [7, 11) is 0. The number of aliphatic carboxylic acids is 1. The van der Waals surface area contributed by atoms with Gasteiger partial charge in [0.05, 0.1) is 18.9 Å². The highest BCUT2D eigenvalue weighted by atomic mass is 32.1. The van der Waals surface area contributed by atoms with Crippen LogP contribution in [0, 0.1) is 0 Å². The SMILES string of the molecule is CCCc1csc(C2(C(=O)O)COC2)n1. The van der Waals surface area contributed by atoms with Gasteiger partial charge >= 0.3 is 5.97 Å². The van der Waals surface area contributed by atoms with Gasteiger partial charge < -0.3 is 9.84 Å². The molecule has 0 amide bonds. The molecule has 0 aromatic carbocycles. The summed E-state index contributed by atoms with van der Waals surface area (Å²) in [5.41, 5.74) is 0.126. The quantitative estimate of drug-likeness (QED) is 0.845. The number of hydrogen-bond acceptors (Lipinski definition) is 4. The number of thiazole rings is 1. The largest absolute Gasteiger partial charge is 0.480 e. The van der Waals surface area contributed by atoms with Crippen LogP contribution in [0.1, 0.15) is 24.0 Å². The Morgan fingerprint density at radius 1 is 1.73 bits per heavy atom. The molecule has 15 heavy (non-hydrogen) atoms. The second-order valence-electron chi connectivity index (χ2n) is 3.77. The number of carbonyl (C=O) groups is 1. The van der Waals surface area contributed by atoms with Gasteiger partial charge in [-0.15, -0.1) is 11.3 Å². The molecule has 2 heterocycles. The third-order valence-electron chi connectivity index (χ3n) is 2.57. The highest BCUT2D eigenvalue weighted by Gasteiger charge is 2.50. The molecule has 0 unspecified atom stereocenters. The Morgan fingerprint density at radius 2 is 2.47 bits per heavy atom. The number of aromatic nitrogens is 1. The summed E-state index contributed by atoms with van der Waals surface area (Å²) >= 11 is 1.43. The van der Waals surface area contributed by atoms with Crippen molar-refractivity contribution in [3.05, 3.63) is 16.1 Å². The Kier molecular flexibility index (Phi) is 2.75. The van der Waals surface area contributed by atoms with Gasteiger partial charge in [-0.05, 0) is 6.42 Å². The van der Waals surface area contributed by atoms with Gasteiger partial charge in [-0.2, -0.15) is 0 Å². The number of aryl methyl sites for hydroxylation is 1. The first-order valence-electron chi connectivity index (χ1n) is 4.95. The maximum atomic E-state index is 11.2. The highest BCUT2D eigenvalue weighted by Crippen LogP contribution is 2.34. The van der Waals surface area contributed by atoms with Gasteiger partial charge in [-0.1, -0.05) is 13.3 Å². The fourth-order valence-corrected chi connectivity index (χ4v) is 2.56. The van der Waals surface area contributed by atoms with Crippen molar-refractivity contribution in [2.45, 2.75) is 25.2 Å². The molecule has 0 bridgehead atoms. The lowest BCUT2D eigenvalue weighted by Crippen LogP contribution is -2.53. The normalized spacial score (nSPS) is 18.5. The third kappa shape index (κ3) is 1.66. The fourth-order valence-electron chi connectivity index (χ4n) is 1.54. The van der Waals surface area contributed by atoms with Crippen molar-refractivity contribution in [1.82, 2.24) is 4.98 Å². The molecule has 1 aliphatic rings.